The Morgan fingerprint density at radius 1 is 0.634 bits per heavy atom. The molecule has 0 bridgehead atoms. The Kier molecular flexibility index (Phi) is 25.7. The molecular formula is C59H85N5O17Si. The molecule has 1 saturated heterocycles. The van der Waals surface area contributed by atoms with E-state index < -0.39 is 61.4 Å². The molecule has 0 radical (unpaired) electrons. The first kappa shape index (κ1) is 66.3. The lowest BCUT2D eigenvalue weighted by atomic mass is 9.80. The summed E-state index contributed by atoms with van der Waals surface area (Å²) in [5, 5.41) is 5.51. The Morgan fingerprint density at radius 3 is 1.70 bits per heavy atom. The number of aromatic nitrogens is 3. The lowest BCUT2D eigenvalue weighted by molar-refractivity contribution is -0.247. The third-order valence-corrected chi connectivity index (χ3v) is 19.5. The summed E-state index contributed by atoms with van der Waals surface area (Å²) in [7, 11) is 0.847. The van der Waals surface area contributed by atoms with Crippen LogP contribution in [0.1, 0.15) is 84.4 Å². The summed E-state index contributed by atoms with van der Waals surface area (Å²) in [6.45, 7) is 17.2. The van der Waals surface area contributed by atoms with Gasteiger partial charge in [0.2, 0.25) is 11.8 Å². The van der Waals surface area contributed by atoms with Crippen LogP contribution in [0, 0.1) is 11.8 Å². The molecule has 3 aromatic carbocycles. The number of ether oxygens (including phenoxy) is 9. The van der Waals surface area contributed by atoms with Gasteiger partial charge in [-0.3, -0.25) is 19.2 Å². The van der Waals surface area contributed by atoms with Crippen molar-refractivity contribution in [2.45, 2.75) is 130 Å². The fourth-order valence-corrected chi connectivity index (χ4v) is 10.1. The van der Waals surface area contributed by atoms with Crippen LogP contribution in [0.25, 0.3) is 0 Å². The van der Waals surface area contributed by atoms with Crippen LogP contribution in [-0.2, 0) is 82.0 Å². The predicted octanol–water partition coefficient (Wildman–Crippen LogP) is 5.16. The molecule has 2 amide bonds. The second-order valence-electron chi connectivity index (χ2n) is 21.6. The number of nitrogens with zero attached hydrogens (tertiary/aromatic N) is 3. The van der Waals surface area contributed by atoms with Gasteiger partial charge in [-0.15, -0.1) is 0 Å². The van der Waals surface area contributed by atoms with E-state index in [0.717, 1.165) is 30.4 Å². The van der Waals surface area contributed by atoms with Crippen molar-refractivity contribution in [1.29, 1.82) is 0 Å². The molecule has 4 aromatic rings. The Hall–Kier alpha value is -6.47. The van der Waals surface area contributed by atoms with Crippen LogP contribution in [0.5, 0.6) is 11.5 Å². The van der Waals surface area contributed by atoms with E-state index in [0.29, 0.717) is 11.5 Å². The smallest absolute Gasteiger partial charge is 0.336 e. The van der Waals surface area contributed by atoms with Crippen LogP contribution in [0.4, 0.5) is 0 Å². The van der Waals surface area contributed by atoms with Crippen LogP contribution in [-0.4, -0.2) is 144 Å². The molecule has 452 valence electrons. The molecule has 5 unspecified atom stereocenters. The second kappa shape index (κ2) is 31.8. The summed E-state index contributed by atoms with van der Waals surface area (Å²) in [6.07, 6.45) is -1.07. The topological polar surface area (TPSA) is 251 Å². The minimum atomic E-state index is -2.31. The van der Waals surface area contributed by atoms with Gasteiger partial charge in [-0.25, -0.2) is 28.1 Å². The monoisotopic (exact) mass is 1160 g/mol. The average Bonchev–Trinajstić information content (AvgIpc) is 3.48. The SMILES string of the molecule is COc1ccc(C(OCCn2c(=O)n(CCOC(=O)CCCC(=O)NCCOCCOCCOC3OC(COC(C)=O)C(C)C(C)C3NC(C)=O)c(=O)n(CCO[Si](C)(C)C(C)(C)C)c2=O)(c2ccccc2)c2ccc(OC)cc2)cc1. The van der Waals surface area contributed by atoms with Crippen molar-refractivity contribution in [2.75, 3.05) is 80.2 Å². The lowest BCUT2D eigenvalue weighted by Gasteiger charge is -2.44. The minimum Gasteiger partial charge on any atom is -0.497 e. The van der Waals surface area contributed by atoms with Gasteiger partial charge in [0.25, 0.3) is 0 Å². The number of methoxy groups -OCH3 is 2. The minimum absolute atomic E-state index is 0.0137. The first-order chi connectivity index (χ1) is 39.0. The van der Waals surface area contributed by atoms with Gasteiger partial charge in [0.1, 0.15) is 30.3 Å². The van der Waals surface area contributed by atoms with Crippen molar-refractivity contribution in [1.82, 2.24) is 24.3 Å². The molecule has 22 nitrogen and oxygen atoms in total. The van der Waals surface area contributed by atoms with Crippen LogP contribution in [0.15, 0.2) is 93.2 Å². The summed E-state index contributed by atoms with van der Waals surface area (Å²) in [4.78, 5) is 91.4. The number of amides is 2. The Morgan fingerprint density at radius 2 is 1.16 bits per heavy atom. The highest BCUT2D eigenvalue weighted by molar-refractivity contribution is 6.74. The van der Waals surface area contributed by atoms with Crippen molar-refractivity contribution in [2.24, 2.45) is 11.8 Å². The van der Waals surface area contributed by atoms with Crippen molar-refractivity contribution in [3.63, 3.8) is 0 Å². The lowest BCUT2D eigenvalue weighted by Crippen LogP contribution is -2.58. The van der Waals surface area contributed by atoms with Crippen molar-refractivity contribution >= 4 is 32.1 Å². The molecule has 1 aromatic heterocycles. The van der Waals surface area contributed by atoms with E-state index in [2.05, 4.69) is 44.5 Å². The summed E-state index contributed by atoms with van der Waals surface area (Å²) < 4.78 is 60.9. The molecule has 0 aliphatic carbocycles. The zero-order valence-electron chi connectivity index (χ0n) is 49.5. The van der Waals surface area contributed by atoms with Crippen LogP contribution in [0.2, 0.25) is 18.1 Å². The fourth-order valence-electron chi connectivity index (χ4n) is 9.10. The van der Waals surface area contributed by atoms with Crippen LogP contribution >= 0.6 is 0 Å². The summed E-state index contributed by atoms with van der Waals surface area (Å²) in [5.74, 6) is -0.334. The standard InChI is InChI=1S/C59H85N5O17Si/c1-41-42(2)53(61-43(3)65)54(81-50(41)40-78-44(4)66)77-39-38-75-37-36-74-32-28-60-51(67)18-15-19-52(68)76-33-29-62-55(69)63(57(71)64(56(62)70)31-35-80-82(10,11)58(5,6)7)30-34-79-59(45-16-13-12-14-17-45,46-20-24-48(72-8)25-21-46)47-22-26-49(73-9)27-23-47/h12-14,16-17,20-27,41-42,50,53-54H,15,18-19,28-40H2,1-11H3,(H,60,67)(H,61,65). The Labute approximate surface area is 481 Å². The molecule has 1 aliphatic heterocycles. The van der Waals surface area contributed by atoms with Gasteiger partial charge in [-0.2, -0.15) is 0 Å². The molecule has 1 aliphatic rings. The zero-order valence-corrected chi connectivity index (χ0v) is 50.5. The van der Waals surface area contributed by atoms with Gasteiger partial charge < -0.3 is 57.7 Å². The number of nitrogens with one attached hydrogen (secondary N) is 2. The predicted molar refractivity (Wildman–Crippen MR) is 307 cm³/mol. The molecule has 23 heteroatoms. The van der Waals surface area contributed by atoms with E-state index in [1.807, 2.05) is 92.7 Å². The number of hydrogen-bond acceptors (Lipinski definition) is 17. The maximum absolute atomic E-state index is 14.3. The Balaban J connectivity index is 1.14. The maximum Gasteiger partial charge on any atom is 0.336 e. The van der Waals surface area contributed by atoms with Gasteiger partial charge in [0.05, 0.1) is 92.2 Å². The number of rotatable bonds is 33. The molecule has 2 N–H and O–H groups in total. The summed E-state index contributed by atoms with van der Waals surface area (Å²) in [5.41, 5.74) is -1.65. The summed E-state index contributed by atoms with van der Waals surface area (Å²) >= 11 is 0. The largest absolute Gasteiger partial charge is 0.497 e. The van der Waals surface area contributed by atoms with E-state index >= 15 is 0 Å². The maximum atomic E-state index is 14.3. The normalized spacial score (nSPS) is 17.4. The van der Waals surface area contributed by atoms with Crippen LogP contribution in [0.3, 0.4) is 0 Å². The molecule has 2 heterocycles. The van der Waals surface area contributed by atoms with Crippen molar-refractivity contribution in [3.8, 4) is 11.5 Å². The van der Waals surface area contributed by atoms with E-state index in [4.69, 9.17) is 47.1 Å². The number of hydrogen-bond donors (Lipinski definition) is 2. The van der Waals surface area contributed by atoms with Crippen molar-refractivity contribution < 1.29 is 66.2 Å². The number of benzene rings is 3. The third kappa shape index (κ3) is 18.5. The molecule has 0 saturated carbocycles. The number of carbonyl (C=O) groups is 4. The quantitative estimate of drug-likeness (QED) is 0.0270. The molecule has 0 spiro atoms. The summed E-state index contributed by atoms with van der Waals surface area (Å²) in [6, 6.07) is 24.0. The van der Waals surface area contributed by atoms with Gasteiger partial charge in [-0.05, 0) is 77.3 Å². The van der Waals surface area contributed by atoms with Gasteiger partial charge >= 0.3 is 29.0 Å². The molecular weight excluding hydrogens is 1080 g/mol. The van der Waals surface area contributed by atoms with Crippen molar-refractivity contribution in [3.05, 3.63) is 127 Å². The van der Waals surface area contributed by atoms with Gasteiger partial charge in [0, 0.05) is 33.2 Å². The van der Waals surface area contributed by atoms with Gasteiger partial charge in [0.15, 0.2) is 14.6 Å². The highest BCUT2D eigenvalue weighted by Crippen LogP contribution is 2.42. The van der Waals surface area contributed by atoms with E-state index in [1.54, 1.807) is 14.2 Å². The average molecular weight is 1160 g/mol. The first-order valence-electron chi connectivity index (χ1n) is 27.9. The molecule has 82 heavy (non-hydrogen) atoms. The third-order valence-electron chi connectivity index (χ3n) is 15.0. The van der Waals surface area contributed by atoms with E-state index in [9.17, 15) is 33.6 Å². The highest BCUT2D eigenvalue weighted by atomic mass is 28.4. The Bertz CT molecular complexity index is 2800. The number of esters is 2. The van der Waals surface area contributed by atoms with Crippen LogP contribution < -0.4 is 37.2 Å². The molecule has 1 fully saturated rings. The molecule has 5 rings (SSSR count). The zero-order chi connectivity index (χ0) is 60.0. The number of carbonyl (C=O) groups excluding carboxylic acids is 4. The van der Waals surface area contributed by atoms with E-state index in [1.165, 1.54) is 13.8 Å². The fraction of sp³-hybridized carbons (Fsp3) is 0.576. The first-order valence-corrected chi connectivity index (χ1v) is 30.8. The second-order valence-corrected chi connectivity index (χ2v) is 26.4. The van der Waals surface area contributed by atoms with E-state index in [-0.39, 0.29) is 134 Å². The molecule has 5 atom stereocenters. The van der Waals surface area contributed by atoms with Gasteiger partial charge in [-0.1, -0.05) is 89.2 Å². The highest BCUT2D eigenvalue weighted by Gasteiger charge is 2.43.